The largest absolute Gasteiger partial charge is 0.444 e. The number of amides is 1. The summed E-state index contributed by atoms with van der Waals surface area (Å²) in [6.45, 7) is 8.28. The lowest BCUT2D eigenvalue weighted by atomic mass is 9.87. The van der Waals surface area contributed by atoms with Gasteiger partial charge in [0.15, 0.2) is 0 Å². The third-order valence-corrected chi connectivity index (χ3v) is 5.01. The van der Waals surface area contributed by atoms with Crippen LogP contribution in [0.2, 0.25) is 0 Å². The number of nitrogens with one attached hydrogen (secondary N) is 1. The number of likely N-dealkylation sites (tertiary alicyclic amines) is 1. The van der Waals surface area contributed by atoms with E-state index in [0.717, 1.165) is 26.1 Å². The van der Waals surface area contributed by atoms with E-state index in [4.69, 9.17) is 4.74 Å². The van der Waals surface area contributed by atoms with Crippen LogP contribution in [0.5, 0.6) is 0 Å². The Morgan fingerprint density at radius 1 is 1.36 bits per heavy atom. The van der Waals surface area contributed by atoms with Crippen LogP contribution in [0.3, 0.4) is 0 Å². The molecule has 0 spiro atoms. The molecule has 1 fully saturated rings. The van der Waals surface area contributed by atoms with Gasteiger partial charge in [0, 0.05) is 34.8 Å². The number of carbonyl (C=O) groups excluding carboxylic acids is 1. The molecule has 0 saturated carbocycles. The van der Waals surface area contributed by atoms with Crippen molar-refractivity contribution in [2.45, 2.75) is 38.7 Å². The Morgan fingerprint density at radius 3 is 2.86 bits per heavy atom. The van der Waals surface area contributed by atoms with E-state index < -0.39 is 5.60 Å². The van der Waals surface area contributed by atoms with E-state index in [0.29, 0.717) is 11.8 Å². The van der Waals surface area contributed by atoms with Gasteiger partial charge in [0.1, 0.15) is 5.60 Å². The van der Waals surface area contributed by atoms with E-state index in [1.807, 2.05) is 25.7 Å². The lowest BCUT2D eigenvalue weighted by molar-refractivity contribution is 0.0286. The zero-order chi connectivity index (χ0) is 15.9. The van der Waals surface area contributed by atoms with Crippen molar-refractivity contribution in [2.75, 3.05) is 25.0 Å². The van der Waals surface area contributed by atoms with Gasteiger partial charge in [-0.25, -0.2) is 4.79 Å². The van der Waals surface area contributed by atoms with Gasteiger partial charge in [0.2, 0.25) is 0 Å². The summed E-state index contributed by atoms with van der Waals surface area (Å²) in [5.41, 5.74) is 2.13. The van der Waals surface area contributed by atoms with E-state index in [-0.39, 0.29) is 6.09 Å². The molecular weight excluding hydrogens is 391 g/mol. The monoisotopic (exact) mass is 414 g/mol. The van der Waals surface area contributed by atoms with Crippen LogP contribution < -0.4 is 5.32 Å². The van der Waals surface area contributed by atoms with Gasteiger partial charge >= 0.3 is 6.09 Å². The lowest BCUT2D eigenvalue weighted by Crippen LogP contribution is -2.35. The predicted molar refractivity (Wildman–Crippen MR) is 96.3 cm³/mol. The second kappa shape index (κ2) is 5.91. The second-order valence-electron chi connectivity index (χ2n) is 7.20. The first kappa shape index (κ1) is 15.9. The third-order valence-electron chi connectivity index (χ3n) is 4.34. The van der Waals surface area contributed by atoms with E-state index in [1.165, 1.54) is 14.8 Å². The molecule has 2 heterocycles. The number of hydrogen-bond donors (Lipinski definition) is 1. The van der Waals surface area contributed by atoms with Gasteiger partial charge < -0.3 is 15.0 Å². The molecule has 4 nitrogen and oxygen atoms in total. The average molecular weight is 414 g/mol. The first-order valence-corrected chi connectivity index (χ1v) is 8.92. The Hall–Kier alpha value is -0.980. The Balaban J connectivity index is 1.82. The van der Waals surface area contributed by atoms with Crippen molar-refractivity contribution in [3.05, 3.63) is 27.3 Å². The fourth-order valence-corrected chi connectivity index (χ4v) is 3.90. The molecule has 2 atom stereocenters. The van der Waals surface area contributed by atoms with Gasteiger partial charge in [-0.2, -0.15) is 0 Å². The summed E-state index contributed by atoms with van der Waals surface area (Å²) in [5.74, 6) is 0.923. The number of benzene rings is 1. The second-order valence-corrected chi connectivity index (χ2v) is 8.44. The van der Waals surface area contributed by atoms with Crippen molar-refractivity contribution >= 4 is 34.4 Å². The minimum Gasteiger partial charge on any atom is -0.444 e. The quantitative estimate of drug-likeness (QED) is 0.652. The molecule has 1 aromatic carbocycles. The molecule has 0 radical (unpaired) electrons. The van der Waals surface area contributed by atoms with Crippen molar-refractivity contribution in [3.63, 3.8) is 0 Å². The molecule has 1 N–H and O–H groups in total. The van der Waals surface area contributed by atoms with Gasteiger partial charge in [-0.15, -0.1) is 0 Å². The van der Waals surface area contributed by atoms with E-state index >= 15 is 0 Å². The van der Waals surface area contributed by atoms with Gasteiger partial charge in [-0.1, -0.05) is 0 Å². The van der Waals surface area contributed by atoms with E-state index in [9.17, 15) is 4.79 Å². The fraction of sp³-hybridized carbons (Fsp3) is 0.588. The summed E-state index contributed by atoms with van der Waals surface area (Å²) in [4.78, 5) is 14.2. The minimum atomic E-state index is -0.434. The van der Waals surface area contributed by atoms with Crippen LogP contribution >= 0.6 is 22.6 Å². The van der Waals surface area contributed by atoms with Crippen molar-refractivity contribution in [1.82, 2.24) is 4.90 Å². The number of ether oxygens (including phenoxy) is 1. The summed E-state index contributed by atoms with van der Waals surface area (Å²) in [7, 11) is 0. The maximum Gasteiger partial charge on any atom is 0.410 e. The predicted octanol–water partition coefficient (Wildman–Crippen LogP) is 4.06. The summed E-state index contributed by atoms with van der Waals surface area (Å²) in [5, 5.41) is 3.53. The van der Waals surface area contributed by atoms with Crippen LogP contribution in [0.15, 0.2) is 18.2 Å². The number of halogens is 1. The molecule has 2 aliphatic heterocycles. The van der Waals surface area contributed by atoms with Crippen LogP contribution in [0.25, 0.3) is 0 Å². The Kier molecular flexibility index (Phi) is 4.27. The van der Waals surface area contributed by atoms with Crippen molar-refractivity contribution in [2.24, 2.45) is 5.92 Å². The molecule has 1 aromatic rings. The maximum absolute atomic E-state index is 12.4. The molecule has 120 valence electrons. The highest BCUT2D eigenvalue weighted by Crippen LogP contribution is 2.41. The van der Waals surface area contributed by atoms with Gasteiger partial charge in [-0.05, 0) is 79.5 Å². The molecular formula is C17H23IN2O2. The fourth-order valence-electron chi connectivity index (χ4n) is 3.39. The molecule has 22 heavy (non-hydrogen) atoms. The normalized spacial score (nSPS) is 24.1. The molecule has 3 rings (SSSR count). The highest BCUT2D eigenvalue weighted by Gasteiger charge is 2.39. The summed E-state index contributed by atoms with van der Waals surface area (Å²) in [6, 6.07) is 6.55. The van der Waals surface area contributed by atoms with Crippen LogP contribution in [0.4, 0.5) is 10.5 Å². The van der Waals surface area contributed by atoms with E-state index in [1.54, 1.807) is 0 Å². The molecule has 2 aliphatic rings. The molecule has 1 saturated heterocycles. The SMILES string of the molecule is CC(C)(C)OC(=O)N1C[C@H]2CCNc3ccc(I)cc3[C@@H]2C1. The number of carbonyl (C=O) groups is 1. The number of hydrogen-bond acceptors (Lipinski definition) is 3. The molecule has 0 aliphatic carbocycles. The van der Waals surface area contributed by atoms with Crippen LogP contribution in [0, 0.1) is 9.49 Å². The zero-order valence-corrected chi connectivity index (χ0v) is 15.5. The third kappa shape index (κ3) is 3.34. The van der Waals surface area contributed by atoms with Crippen LogP contribution in [-0.4, -0.2) is 36.2 Å². The van der Waals surface area contributed by atoms with Crippen molar-refractivity contribution < 1.29 is 9.53 Å². The van der Waals surface area contributed by atoms with Crippen LogP contribution in [0.1, 0.15) is 38.7 Å². The number of anilines is 1. The number of rotatable bonds is 0. The maximum atomic E-state index is 12.4. The molecule has 0 aromatic heterocycles. The highest BCUT2D eigenvalue weighted by molar-refractivity contribution is 14.1. The van der Waals surface area contributed by atoms with E-state index in [2.05, 4.69) is 46.1 Å². The van der Waals surface area contributed by atoms with Crippen molar-refractivity contribution in [3.8, 4) is 0 Å². The first-order chi connectivity index (χ1) is 10.3. The highest BCUT2D eigenvalue weighted by atomic mass is 127. The van der Waals surface area contributed by atoms with Gasteiger partial charge in [-0.3, -0.25) is 0 Å². The van der Waals surface area contributed by atoms with Crippen molar-refractivity contribution in [1.29, 1.82) is 0 Å². The Bertz CT molecular complexity index is 583. The molecule has 0 unspecified atom stereocenters. The molecule has 1 amide bonds. The first-order valence-electron chi connectivity index (χ1n) is 7.85. The van der Waals surface area contributed by atoms with Crippen LogP contribution in [-0.2, 0) is 4.74 Å². The summed E-state index contributed by atoms with van der Waals surface area (Å²) in [6.07, 6.45) is 0.913. The standard InChI is InChI=1S/C17H23IN2O2/c1-17(2,3)22-16(21)20-9-11-6-7-19-15-5-4-12(18)8-13(15)14(11)10-20/h4-5,8,11,14,19H,6-7,9-10H2,1-3H3/t11-,14-/m1/s1. The average Bonchev–Trinajstić information content (AvgIpc) is 2.76. The number of fused-ring (bicyclic) bond motifs is 3. The minimum absolute atomic E-state index is 0.180. The lowest BCUT2D eigenvalue weighted by Gasteiger charge is -2.24. The van der Waals surface area contributed by atoms with Gasteiger partial charge in [0.25, 0.3) is 0 Å². The van der Waals surface area contributed by atoms with Gasteiger partial charge in [0.05, 0.1) is 0 Å². The summed E-state index contributed by atoms with van der Waals surface area (Å²) < 4.78 is 6.79. The molecule has 0 bridgehead atoms. The Labute approximate surface area is 145 Å². The smallest absolute Gasteiger partial charge is 0.410 e. The Morgan fingerprint density at radius 2 is 2.14 bits per heavy atom. The number of nitrogens with zero attached hydrogens (tertiary/aromatic N) is 1. The topological polar surface area (TPSA) is 41.6 Å². The summed E-state index contributed by atoms with van der Waals surface area (Å²) >= 11 is 2.36. The zero-order valence-electron chi connectivity index (χ0n) is 13.4. The molecule has 5 heteroatoms.